The summed E-state index contributed by atoms with van der Waals surface area (Å²) in [5.41, 5.74) is 11.5. The van der Waals surface area contributed by atoms with Crippen LogP contribution in [0.2, 0.25) is 0 Å². The number of rotatable bonds is 4. The van der Waals surface area contributed by atoms with Crippen LogP contribution in [0.1, 0.15) is 0 Å². The molecule has 0 unspecified atom stereocenters. The zero-order chi connectivity index (χ0) is 30.2. The van der Waals surface area contributed by atoms with Gasteiger partial charge in [-0.15, -0.1) is 22.7 Å². The Bertz CT molecular complexity index is 2540. The molecule has 6 aromatic carbocycles. The van der Waals surface area contributed by atoms with Gasteiger partial charge in [0.15, 0.2) is 0 Å². The van der Waals surface area contributed by atoms with E-state index >= 15 is 0 Å². The van der Waals surface area contributed by atoms with Crippen molar-refractivity contribution in [2.45, 2.75) is 0 Å². The van der Waals surface area contributed by atoms with Crippen molar-refractivity contribution in [1.82, 2.24) is 0 Å². The molecule has 10 rings (SSSR count). The Kier molecular flexibility index (Phi) is 5.65. The van der Waals surface area contributed by atoms with Crippen molar-refractivity contribution in [3.8, 4) is 44.5 Å². The third-order valence-corrected chi connectivity index (χ3v) is 11.6. The maximum absolute atomic E-state index is 5.61. The minimum Gasteiger partial charge on any atom is -0.464 e. The zero-order valence-corrected chi connectivity index (χ0v) is 26.1. The van der Waals surface area contributed by atoms with E-state index in [0.717, 1.165) is 21.9 Å². The van der Waals surface area contributed by atoms with E-state index in [2.05, 4.69) is 121 Å². The second-order valence-corrected chi connectivity index (χ2v) is 13.9. The largest absolute Gasteiger partial charge is 0.464 e. The van der Waals surface area contributed by atoms with Crippen LogP contribution >= 0.6 is 22.7 Å². The van der Waals surface area contributed by atoms with Crippen molar-refractivity contribution < 1.29 is 8.83 Å². The van der Waals surface area contributed by atoms with Gasteiger partial charge in [-0.05, 0) is 80.9 Å². The van der Waals surface area contributed by atoms with Crippen LogP contribution in [0.3, 0.4) is 0 Å². The fourth-order valence-corrected chi connectivity index (χ4v) is 9.33. The van der Waals surface area contributed by atoms with Crippen molar-refractivity contribution >= 4 is 74.2 Å². The average molecular weight is 625 g/mol. The summed E-state index contributed by atoms with van der Waals surface area (Å²) in [6.45, 7) is 0. The van der Waals surface area contributed by atoms with Gasteiger partial charge in [0.2, 0.25) is 0 Å². The quantitative estimate of drug-likeness (QED) is 0.195. The molecule has 4 heteroatoms. The van der Waals surface area contributed by atoms with E-state index in [1.54, 1.807) is 12.5 Å². The second-order valence-electron chi connectivity index (χ2n) is 11.8. The summed E-state index contributed by atoms with van der Waals surface area (Å²) in [4.78, 5) is 0. The van der Waals surface area contributed by atoms with E-state index in [1.807, 2.05) is 34.8 Å². The van der Waals surface area contributed by atoms with Crippen LogP contribution in [0.4, 0.5) is 0 Å². The first-order valence-electron chi connectivity index (χ1n) is 15.3. The molecule has 0 bridgehead atoms. The molecule has 4 heterocycles. The van der Waals surface area contributed by atoms with Crippen LogP contribution in [-0.4, -0.2) is 0 Å². The molecule has 0 aliphatic heterocycles. The van der Waals surface area contributed by atoms with E-state index in [4.69, 9.17) is 8.83 Å². The van der Waals surface area contributed by atoms with Crippen molar-refractivity contribution in [3.63, 3.8) is 0 Å². The van der Waals surface area contributed by atoms with Gasteiger partial charge in [0.1, 0.15) is 11.2 Å². The number of hydrogen-bond donors (Lipinski definition) is 0. The molecule has 0 N–H and O–H groups in total. The van der Waals surface area contributed by atoms with E-state index in [-0.39, 0.29) is 0 Å². The number of fused-ring (bicyclic) bond motifs is 7. The van der Waals surface area contributed by atoms with Crippen molar-refractivity contribution in [2.24, 2.45) is 0 Å². The van der Waals surface area contributed by atoms with Gasteiger partial charge in [-0.3, -0.25) is 0 Å². The van der Waals surface area contributed by atoms with Crippen LogP contribution in [0.15, 0.2) is 155 Å². The predicted molar refractivity (Wildman–Crippen MR) is 196 cm³/mol. The average Bonchev–Trinajstić information content (AvgIpc) is 3.91. The number of thiophene rings is 2. The van der Waals surface area contributed by atoms with Gasteiger partial charge in [-0.2, -0.15) is 0 Å². The summed E-state index contributed by atoms with van der Waals surface area (Å²) in [5.74, 6) is 0. The summed E-state index contributed by atoms with van der Waals surface area (Å²) in [6, 6.07) is 48.3. The van der Waals surface area contributed by atoms with E-state index < -0.39 is 0 Å². The van der Waals surface area contributed by atoms with E-state index in [1.165, 1.54) is 74.1 Å². The lowest BCUT2D eigenvalue weighted by Gasteiger charge is -2.06. The molecule has 10 aromatic rings. The molecule has 0 saturated carbocycles. The summed E-state index contributed by atoms with van der Waals surface area (Å²) in [5, 5.41) is 4.94. The fourth-order valence-electron chi connectivity index (χ4n) is 6.59. The predicted octanol–water partition coefficient (Wildman–Crippen LogP) is 13.4. The highest BCUT2D eigenvalue weighted by Gasteiger charge is 2.14. The number of furan rings is 2. The lowest BCUT2D eigenvalue weighted by Crippen LogP contribution is -1.81. The summed E-state index contributed by atoms with van der Waals surface area (Å²) in [6.07, 6.45) is 3.49. The maximum atomic E-state index is 5.61. The number of hydrogen-bond acceptors (Lipinski definition) is 4. The molecule has 0 aliphatic carbocycles. The molecule has 0 radical (unpaired) electrons. The molecule has 46 heavy (non-hydrogen) atoms. The zero-order valence-electron chi connectivity index (χ0n) is 24.5. The van der Waals surface area contributed by atoms with Gasteiger partial charge < -0.3 is 8.83 Å². The maximum Gasteiger partial charge on any atom is 0.134 e. The summed E-state index contributed by atoms with van der Waals surface area (Å²) < 4.78 is 16.6. The Hall–Kier alpha value is -5.42. The lowest BCUT2D eigenvalue weighted by molar-refractivity contribution is 0.615. The first-order valence-corrected chi connectivity index (χ1v) is 16.9. The normalized spacial score (nSPS) is 11.9. The molecule has 4 aromatic heterocycles. The first-order chi connectivity index (χ1) is 22.7. The third kappa shape index (κ3) is 4.15. The molecule has 0 atom stereocenters. The van der Waals surface area contributed by atoms with Gasteiger partial charge in [-0.1, -0.05) is 97.1 Å². The Morgan fingerprint density at radius 3 is 1.09 bits per heavy atom. The van der Waals surface area contributed by atoms with Gasteiger partial charge in [0, 0.05) is 30.9 Å². The van der Waals surface area contributed by atoms with Gasteiger partial charge >= 0.3 is 0 Å². The highest BCUT2D eigenvalue weighted by atomic mass is 32.1. The van der Waals surface area contributed by atoms with E-state index in [9.17, 15) is 0 Å². The van der Waals surface area contributed by atoms with Crippen LogP contribution in [-0.2, 0) is 0 Å². The molecular weight excluding hydrogens is 601 g/mol. The summed E-state index contributed by atoms with van der Waals surface area (Å²) in [7, 11) is 0. The minimum atomic E-state index is 0.919. The molecule has 0 saturated heterocycles. The molecule has 216 valence electrons. The smallest absolute Gasteiger partial charge is 0.134 e. The van der Waals surface area contributed by atoms with Crippen LogP contribution in [0.25, 0.3) is 96.0 Å². The Labute approximate surface area is 272 Å². The van der Waals surface area contributed by atoms with Gasteiger partial charge in [0.05, 0.1) is 21.9 Å². The van der Waals surface area contributed by atoms with E-state index in [0.29, 0.717) is 0 Å². The monoisotopic (exact) mass is 624 g/mol. The summed E-state index contributed by atoms with van der Waals surface area (Å²) >= 11 is 3.81. The topological polar surface area (TPSA) is 26.3 Å². The fraction of sp³-hybridized carbons (Fsp3) is 0. The van der Waals surface area contributed by atoms with Gasteiger partial charge in [-0.25, -0.2) is 0 Å². The van der Waals surface area contributed by atoms with Crippen molar-refractivity contribution in [3.05, 3.63) is 146 Å². The third-order valence-electron chi connectivity index (χ3n) is 9.10. The van der Waals surface area contributed by atoms with Crippen LogP contribution < -0.4 is 0 Å². The highest BCUT2D eigenvalue weighted by molar-refractivity contribution is 7.36. The first kappa shape index (κ1) is 25.9. The molecule has 0 amide bonds. The molecular formula is C42H24O2S2. The van der Waals surface area contributed by atoms with Crippen LogP contribution in [0.5, 0.6) is 0 Å². The molecule has 0 fully saturated rings. The SMILES string of the molecule is c1cc2ccc(-c3ccc(-c4ccc5c(c4)sc4c6ccc(-c7ccc(-c8ccc9ccoc9c8)cc7)cc6sc54)cc3)cc2o1. The Balaban J connectivity index is 0.949. The standard InChI is InChI=1S/C42H24O2S2/c1-5-27(6-2-25(1)31-11-9-29-17-19-43-37(29)21-31)33-13-15-35-39(23-33)45-42-36-16-14-34(24-40(36)46-41(35)42)28-7-3-26(4-8-28)32-12-10-30-18-20-44-38(30)22-32/h1-24H. The van der Waals surface area contributed by atoms with Crippen LogP contribution in [0, 0.1) is 0 Å². The second kappa shape index (κ2) is 10.0. The van der Waals surface area contributed by atoms with Gasteiger partial charge in [0.25, 0.3) is 0 Å². The highest BCUT2D eigenvalue weighted by Crippen LogP contribution is 2.46. The molecule has 0 aliphatic rings. The molecule has 0 spiro atoms. The van der Waals surface area contributed by atoms with Crippen molar-refractivity contribution in [1.29, 1.82) is 0 Å². The Morgan fingerprint density at radius 1 is 0.326 bits per heavy atom. The lowest BCUT2D eigenvalue weighted by atomic mass is 9.99. The Morgan fingerprint density at radius 2 is 0.674 bits per heavy atom. The van der Waals surface area contributed by atoms with Crippen molar-refractivity contribution in [2.75, 3.05) is 0 Å². The number of benzene rings is 6. The minimum absolute atomic E-state index is 0.919. The molecule has 2 nitrogen and oxygen atoms in total.